The van der Waals surface area contributed by atoms with E-state index in [4.69, 9.17) is 9.47 Å². The van der Waals surface area contributed by atoms with Crippen LogP contribution >= 0.6 is 0 Å². The number of carbonyl (C=O) groups is 1. The van der Waals surface area contributed by atoms with Crippen LogP contribution in [0.4, 0.5) is 0 Å². The fraction of sp³-hybridized carbons (Fsp3) is 0.842. The Morgan fingerprint density at radius 3 is 2.77 bits per heavy atom. The summed E-state index contributed by atoms with van der Waals surface area (Å²) < 4.78 is 11.1. The maximum Gasteiger partial charge on any atom is 0.304 e. The Morgan fingerprint density at radius 1 is 1.32 bits per heavy atom. The Kier molecular flexibility index (Phi) is 4.13. The SMILES string of the molecule is CC(=O)O[C@H]1OC[C@@H]2C=C(C3(C)CCCC(C)(C)C3)CC[C@H]12. The minimum absolute atomic E-state index is 0.235. The molecule has 1 unspecified atom stereocenters. The van der Waals surface area contributed by atoms with E-state index in [1.807, 2.05) is 0 Å². The molecular weight excluding hydrogens is 276 g/mol. The average molecular weight is 306 g/mol. The summed E-state index contributed by atoms with van der Waals surface area (Å²) in [6.07, 6.45) is 9.65. The molecule has 1 saturated carbocycles. The number of allylic oxidation sites excluding steroid dienone is 1. The predicted octanol–water partition coefficient (Wildman–Crippen LogP) is 4.46. The zero-order valence-electron chi connectivity index (χ0n) is 14.5. The second kappa shape index (κ2) is 5.67. The first-order chi connectivity index (χ1) is 10.3. The van der Waals surface area contributed by atoms with Gasteiger partial charge in [-0.1, -0.05) is 38.8 Å². The monoisotopic (exact) mass is 306 g/mol. The summed E-state index contributed by atoms with van der Waals surface area (Å²) in [6.45, 7) is 9.44. The number of esters is 1. The molecule has 0 spiro atoms. The Balaban J connectivity index is 1.74. The van der Waals surface area contributed by atoms with Gasteiger partial charge < -0.3 is 9.47 Å². The third-order valence-corrected chi connectivity index (χ3v) is 6.02. The van der Waals surface area contributed by atoms with Crippen molar-refractivity contribution in [2.24, 2.45) is 22.7 Å². The van der Waals surface area contributed by atoms with Crippen molar-refractivity contribution in [1.82, 2.24) is 0 Å². The predicted molar refractivity (Wildman–Crippen MR) is 86.2 cm³/mol. The van der Waals surface area contributed by atoms with Gasteiger partial charge in [-0.05, 0) is 42.9 Å². The van der Waals surface area contributed by atoms with E-state index in [0.29, 0.717) is 29.3 Å². The van der Waals surface area contributed by atoms with E-state index in [9.17, 15) is 4.79 Å². The quantitative estimate of drug-likeness (QED) is 0.558. The topological polar surface area (TPSA) is 35.5 Å². The molecule has 22 heavy (non-hydrogen) atoms. The van der Waals surface area contributed by atoms with Crippen LogP contribution in [0.25, 0.3) is 0 Å². The van der Waals surface area contributed by atoms with E-state index in [2.05, 4.69) is 26.8 Å². The molecule has 1 saturated heterocycles. The molecule has 3 nitrogen and oxygen atoms in total. The van der Waals surface area contributed by atoms with Gasteiger partial charge in [0.15, 0.2) is 0 Å². The highest BCUT2D eigenvalue weighted by atomic mass is 16.7. The molecule has 1 heterocycles. The molecule has 2 aliphatic carbocycles. The fourth-order valence-corrected chi connectivity index (χ4v) is 5.09. The van der Waals surface area contributed by atoms with Crippen LogP contribution < -0.4 is 0 Å². The van der Waals surface area contributed by atoms with Crippen molar-refractivity contribution in [3.05, 3.63) is 11.6 Å². The smallest absolute Gasteiger partial charge is 0.304 e. The molecule has 0 aromatic carbocycles. The third-order valence-electron chi connectivity index (χ3n) is 6.02. The number of fused-ring (bicyclic) bond motifs is 1. The average Bonchev–Trinajstić information content (AvgIpc) is 2.79. The van der Waals surface area contributed by atoms with Gasteiger partial charge in [0, 0.05) is 18.8 Å². The molecule has 0 aromatic heterocycles. The lowest BCUT2D eigenvalue weighted by Gasteiger charge is -2.46. The Morgan fingerprint density at radius 2 is 2.09 bits per heavy atom. The standard InChI is InChI=1S/C19H30O3/c1-13(20)22-17-16-7-6-15(10-14(16)11-21-17)19(4)9-5-8-18(2,3)12-19/h10,14,16-17H,5-9,11-12H2,1-4H3/t14-,16-,17+,19?/m0/s1. The van der Waals surface area contributed by atoms with Crippen LogP contribution in [0.15, 0.2) is 11.6 Å². The number of rotatable bonds is 2. The highest BCUT2D eigenvalue weighted by molar-refractivity contribution is 5.66. The van der Waals surface area contributed by atoms with Crippen LogP contribution in [-0.2, 0) is 14.3 Å². The second-order valence-corrected chi connectivity index (χ2v) is 8.62. The maximum atomic E-state index is 11.2. The van der Waals surface area contributed by atoms with Crippen LogP contribution in [0.3, 0.4) is 0 Å². The van der Waals surface area contributed by atoms with Gasteiger partial charge in [-0.15, -0.1) is 0 Å². The van der Waals surface area contributed by atoms with Crippen molar-refractivity contribution in [1.29, 1.82) is 0 Å². The van der Waals surface area contributed by atoms with E-state index in [0.717, 1.165) is 12.8 Å². The van der Waals surface area contributed by atoms with Crippen LogP contribution in [-0.4, -0.2) is 18.9 Å². The summed E-state index contributed by atoms with van der Waals surface area (Å²) in [7, 11) is 0. The second-order valence-electron chi connectivity index (χ2n) is 8.62. The number of carbonyl (C=O) groups excluding carboxylic acids is 1. The van der Waals surface area contributed by atoms with E-state index in [1.54, 1.807) is 5.57 Å². The summed E-state index contributed by atoms with van der Waals surface area (Å²) in [5.74, 6) is 0.546. The first kappa shape index (κ1) is 16.0. The van der Waals surface area contributed by atoms with Crippen molar-refractivity contribution in [2.75, 3.05) is 6.61 Å². The van der Waals surface area contributed by atoms with Gasteiger partial charge in [-0.2, -0.15) is 0 Å². The Labute approximate surface area is 134 Å². The molecule has 0 amide bonds. The van der Waals surface area contributed by atoms with Gasteiger partial charge >= 0.3 is 5.97 Å². The molecule has 1 aliphatic heterocycles. The minimum atomic E-state index is -0.323. The van der Waals surface area contributed by atoms with Crippen molar-refractivity contribution >= 4 is 5.97 Å². The normalized spacial score (nSPS) is 40.7. The van der Waals surface area contributed by atoms with Gasteiger partial charge in [0.25, 0.3) is 0 Å². The Bertz CT molecular complexity index is 479. The third kappa shape index (κ3) is 3.10. The number of hydrogen-bond acceptors (Lipinski definition) is 3. The lowest BCUT2D eigenvalue weighted by molar-refractivity contribution is -0.173. The van der Waals surface area contributed by atoms with Crippen molar-refractivity contribution in [2.45, 2.75) is 72.5 Å². The summed E-state index contributed by atoms with van der Waals surface area (Å²) in [4.78, 5) is 11.2. The number of hydrogen-bond donors (Lipinski definition) is 0. The van der Waals surface area contributed by atoms with E-state index < -0.39 is 0 Å². The molecule has 4 atom stereocenters. The summed E-state index contributed by atoms with van der Waals surface area (Å²) in [5.41, 5.74) is 2.44. The van der Waals surface area contributed by atoms with Crippen molar-refractivity contribution in [3.8, 4) is 0 Å². The molecule has 0 N–H and O–H groups in total. The molecule has 0 aromatic rings. The fourth-order valence-electron chi connectivity index (χ4n) is 5.09. The molecular formula is C19H30O3. The number of ether oxygens (including phenoxy) is 2. The summed E-state index contributed by atoms with van der Waals surface area (Å²) >= 11 is 0. The maximum absolute atomic E-state index is 11.2. The lowest BCUT2D eigenvalue weighted by Crippen LogP contribution is -2.35. The molecule has 3 rings (SSSR count). The zero-order chi connectivity index (χ0) is 16.0. The highest BCUT2D eigenvalue weighted by Crippen LogP contribution is 2.53. The summed E-state index contributed by atoms with van der Waals surface area (Å²) in [5, 5.41) is 0. The molecule has 2 fully saturated rings. The lowest BCUT2D eigenvalue weighted by atomic mass is 9.59. The molecule has 0 radical (unpaired) electrons. The van der Waals surface area contributed by atoms with Gasteiger partial charge in [0.05, 0.1) is 6.61 Å². The van der Waals surface area contributed by atoms with E-state index >= 15 is 0 Å². The van der Waals surface area contributed by atoms with Crippen LogP contribution in [0, 0.1) is 22.7 Å². The van der Waals surface area contributed by atoms with Crippen molar-refractivity contribution in [3.63, 3.8) is 0 Å². The first-order valence-corrected chi connectivity index (χ1v) is 8.79. The molecule has 124 valence electrons. The van der Waals surface area contributed by atoms with Crippen LogP contribution in [0.2, 0.25) is 0 Å². The van der Waals surface area contributed by atoms with Crippen LogP contribution in [0.1, 0.15) is 66.2 Å². The largest absolute Gasteiger partial charge is 0.436 e. The van der Waals surface area contributed by atoms with E-state index in [-0.39, 0.29) is 12.3 Å². The molecule has 0 bridgehead atoms. The molecule has 3 aliphatic rings. The van der Waals surface area contributed by atoms with Gasteiger partial charge in [-0.25, -0.2) is 0 Å². The van der Waals surface area contributed by atoms with Gasteiger partial charge in [-0.3, -0.25) is 4.79 Å². The highest BCUT2D eigenvalue weighted by Gasteiger charge is 2.45. The first-order valence-electron chi connectivity index (χ1n) is 8.79. The van der Waals surface area contributed by atoms with Crippen molar-refractivity contribution < 1.29 is 14.3 Å². The molecule has 3 heteroatoms. The summed E-state index contributed by atoms with van der Waals surface area (Å²) in [6, 6.07) is 0. The van der Waals surface area contributed by atoms with E-state index in [1.165, 1.54) is 32.6 Å². The van der Waals surface area contributed by atoms with Crippen LogP contribution in [0.5, 0.6) is 0 Å². The van der Waals surface area contributed by atoms with Gasteiger partial charge in [0.2, 0.25) is 6.29 Å². The zero-order valence-corrected chi connectivity index (χ0v) is 14.5. The Hall–Kier alpha value is -0.830. The minimum Gasteiger partial charge on any atom is -0.436 e. The van der Waals surface area contributed by atoms with Gasteiger partial charge in [0.1, 0.15) is 0 Å².